The van der Waals surface area contributed by atoms with Gasteiger partial charge >= 0.3 is 0 Å². The molecule has 0 spiro atoms. The van der Waals surface area contributed by atoms with Gasteiger partial charge in [0.05, 0.1) is 0 Å². The van der Waals surface area contributed by atoms with Gasteiger partial charge in [-0.2, -0.15) is 0 Å². The van der Waals surface area contributed by atoms with Gasteiger partial charge in [-0.15, -0.1) is 0 Å². The van der Waals surface area contributed by atoms with Crippen LogP contribution in [-0.2, 0) is 6.42 Å². The molecular formula is C12H21N3. The summed E-state index contributed by atoms with van der Waals surface area (Å²) in [5.74, 6) is 0.870. The van der Waals surface area contributed by atoms with Crippen molar-refractivity contribution in [2.24, 2.45) is 11.7 Å². The monoisotopic (exact) mass is 207 g/mol. The highest BCUT2D eigenvalue weighted by Gasteiger charge is 2.18. The molecule has 0 amide bonds. The van der Waals surface area contributed by atoms with E-state index in [1.54, 1.807) is 0 Å². The van der Waals surface area contributed by atoms with Crippen LogP contribution in [0.25, 0.3) is 0 Å². The number of hydrogen-bond donors (Lipinski definition) is 2. The maximum absolute atomic E-state index is 5.56. The minimum Gasteiger partial charge on any atom is -0.367 e. The molecule has 1 aliphatic heterocycles. The first-order chi connectivity index (χ1) is 7.38. The topological polar surface area (TPSA) is 45.0 Å². The standard InChI is InChI=1S/C12H21N3/c13-4-8-15-6-2-11(3-7-15)9-12-1-5-14-10-12/h1,5,10-11,14H,2-4,6-9,13H2. The van der Waals surface area contributed by atoms with Crippen LogP contribution in [0.15, 0.2) is 18.5 Å². The number of rotatable bonds is 4. The molecule has 15 heavy (non-hydrogen) atoms. The first-order valence-electron chi connectivity index (χ1n) is 5.92. The van der Waals surface area contributed by atoms with Crippen LogP contribution in [0.4, 0.5) is 0 Å². The molecule has 1 saturated heterocycles. The molecule has 0 bridgehead atoms. The van der Waals surface area contributed by atoms with Gasteiger partial charge in [0.1, 0.15) is 0 Å². The summed E-state index contributed by atoms with van der Waals surface area (Å²) in [5, 5.41) is 0. The Kier molecular flexibility index (Phi) is 3.80. The Hall–Kier alpha value is -0.800. The lowest BCUT2D eigenvalue weighted by atomic mass is 9.91. The van der Waals surface area contributed by atoms with Crippen LogP contribution < -0.4 is 5.73 Å². The van der Waals surface area contributed by atoms with Crippen molar-refractivity contribution in [2.75, 3.05) is 26.2 Å². The molecule has 0 saturated carbocycles. The van der Waals surface area contributed by atoms with Crippen LogP contribution in [-0.4, -0.2) is 36.1 Å². The van der Waals surface area contributed by atoms with Crippen LogP contribution in [0.1, 0.15) is 18.4 Å². The molecule has 1 aromatic heterocycles. The normalized spacial score (nSPS) is 19.5. The predicted octanol–water partition coefficient (Wildman–Crippen LogP) is 1.23. The maximum Gasteiger partial charge on any atom is 0.0105 e. The molecule has 0 atom stereocenters. The SMILES string of the molecule is NCCN1CCC(Cc2cc[nH]c2)CC1. The number of aromatic nitrogens is 1. The molecule has 2 heterocycles. The minimum absolute atomic E-state index is 0.794. The highest BCUT2D eigenvalue weighted by Crippen LogP contribution is 2.20. The maximum atomic E-state index is 5.56. The van der Waals surface area contributed by atoms with Gasteiger partial charge in [-0.3, -0.25) is 0 Å². The molecule has 1 fully saturated rings. The molecule has 3 N–H and O–H groups in total. The van der Waals surface area contributed by atoms with E-state index >= 15 is 0 Å². The zero-order valence-corrected chi connectivity index (χ0v) is 9.28. The van der Waals surface area contributed by atoms with E-state index in [1.807, 2.05) is 6.20 Å². The van der Waals surface area contributed by atoms with Gasteiger partial charge in [0.25, 0.3) is 0 Å². The molecule has 1 aliphatic rings. The van der Waals surface area contributed by atoms with Gasteiger partial charge in [0, 0.05) is 25.5 Å². The molecule has 0 radical (unpaired) electrons. The Morgan fingerprint density at radius 3 is 2.80 bits per heavy atom. The molecule has 3 heteroatoms. The lowest BCUT2D eigenvalue weighted by Crippen LogP contribution is -2.37. The van der Waals surface area contributed by atoms with Gasteiger partial charge in [-0.1, -0.05) is 0 Å². The third kappa shape index (κ3) is 3.08. The summed E-state index contributed by atoms with van der Waals surface area (Å²) in [7, 11) is 0. The molecule has 1 aromatic rings. The summed E-state index contributed by atoms with van der Waals surface area (Å²) in [6, 6.07) is 2.19. The third-order valence-electron chi connectivity index (χ3n) is 3.34. The summed E-state index contributed by atoms with van der Waals surface area (Å²) in [4.78, 5) is 5.60. The largest absolute Gasteiger partial charge is 0.367 e. The highest BCUT2D eigenvalue weighted by molar-refractivity contribution is 5.09. The smallest absolute Gasteiger partial charge is 0.0105 e. The van der Waals surface area contributed by atoms with E-state index in [4.69, 9.17) is 5.73 Å². The Labute approximate surface area is 91.7 Å². The number of nitrogens with two attached hydrogens (primary N) is 1. The fraction of sp³-hybridized carbons (Fsp3) is 0.667. The molecule has 0 aliphatic carbocycles. The highest BCUT2D eigenvalue weighted by atomic mass is 15.1. The van der Waals surface area contributed by atoms with Gasteiger partial charge in [0.15, 0.2) is 0 Å². The summed E-state index contributed by atoms with van der Waals surface area (Å²) >= 11 is 0. The third-order valence-corrected chi connectivity index (χ3v) is 3.34. The van der Waals surface area contributed by atoms with Crippen molar-refractivity contribution in [3.05, 3.63) is 24.0 Å². The molecule has 0 unspecified atom stereocenters. The van der Waals surface area contributed by atoms with Crippen molar-refractivity contribution in [1.82, 2.24) is 9.88 Å². The quantitative estimate of drug-likeness (QED) is 0.780. The van der Waals surface area contributed by atoms with E-state index in [1.165, 1.54) is 37.9 Å². The Morgan fingerprint density at radius 1 is 1.40 bits per heavy atom. The predicted molar refractivity (Wildman–Crippen MR) is 62.7 cm³/mol. The number of aromatic amines is 1. The summed E-state index contributed by atoms with van der Waals surface area (Å²) in [5.41, 5.74) is 7.01. The van der Waals surface area contributed by atoms with Crippen molar-refractivity contribution in [3.63, 3.8) is 0 Å². The minimum atomic E-state index is 0.794. The van der Waals surface area contributed by atoms with E-state index in [0.29, 0.717) is 0 Å². The van der Waals surface area contributed by atoms with Crippen molar-refractivity contribution in [2.45, 2.75) is 19.3 Å². The average Bonchev–Trinajstić information content (AvgIpc) is 2.74. The summed E-state index contributed by atoms with van der Waals surface area (Å²) < 4.78 is 0. The number of piperidine rings is 1. The lowest BCUT2D eigenvalue weighted by Gasteiger charge is -2.31. The fourth-order valence-electron chi connectivity index (χ4n) is 2.42. The van der Waals surface area contributed by atoms with Crippen LogP contribution in [0.3, 0.4) is 0 Å². The van der Waals surface area contributed by atoms with E-state index in [2.05, 4.69) is 22.1 Å². The van der Waals surface area contributed by atoms with Crippen LogP contribution in [0.2, 0.25) is 0 Å². The van der Waals surface area contributed by atoms with E-state index in [9.17, 15) is 0 Å². The van der Waals surface area contributed by atoms with E-state index in [-0.39, 0.29) is 0 Å². The van der Waals surface area contributed by atoms with Crippen molar-refractivity contribution < 1.29 is 0 Å². The Bertz CT molecular complexity index is 260. The molecular weight excluding hydrogens is 186 g/mol. The van der Waals surface area contributed by atoms with Gasteiger partial charge in [-0.05, 0) is 49.9 Å². The molecule has 3 nitrogen and oxygen atoms in total. The van der Waals surface area contributed by atoms with Crippen LogP contribution in [0, 0.1) is 5.92 Å². The van der Waals surface area contributed by atoms with Crippen LogP contribution >= 0.6 is 0 Å². The fourth-order valence-corrected chi connectivity index (χ4v) is 2.42. The van der Waals surface area contributed by atoms with E-state index in [0.717, 1.165) is 19.0 Å². The Balaban J connectivity index is 1.74. The first-order valence-corrected chi connectivity index (χ1v) is 5.92. The Morgan fingerprint density at radius 2 is 2.20 bits per heavy atom. The molecule has 0 aromatic carbocycles. The zero-order chi connectivity index (χ0) is 10.5. The first kappa shape index (κ1) is 10.7. The molecule has 2 rings (SSSR count). The lowest BCUT2D eigenvalue weighted by molar-refractivity contribution is 0.188. The number of likely N-dealkylation sites (tertiary alicyclic amines) is 1. The van der Waals surface area contributed by atoms with Crippen molar-refractivity contribution >= 4 is 0 Å². The number of nitrogens with zero attached hydrogens (tertiary/aromatic N) is 1. The van der Waals surface area contributed by atoms with Gasteiger partial charge in [0.2, 0.25) is 0 Å². The molecule has 84 valence electrons. The number of hydrogen-bond acceptors (Lipinski definition) is 2. The zero-order valence-electron chi connectivity index (χ0n) is 9.28. The second kappa shape index (κ2) is 5.33. The number of nitrogens with one attached hydrogen (secondary N) is 1. The number of H-pyrrole nitrogens is 1. The van der Waals surface area contributed by atoms with Crippen molar-refractivity contribution in [1.29, 1.82) is 0 Å². The van der Waals surface area contributed by atoms with Crippen molar-refractivity contribution in [3.8, 4) is 0 Å². The van der Waals surface area contributed by atoms with E-state index < -0.39 is 0 Å². The average molecular weight is 207 g/mol. The van der Waals surface area contributed by atoms with Gasteiger partial charge in [-0.25, -0.2) is 0 Å². The van der Waals surface area contributed by atoms with Crippen LogP contribution in [0.5, 0.6) is 0 Å². The second-order valence-corrected chi connectivity index (χ2v) is 4.50. The second-order valence-electron chi connectivity index (χ2n) is 4.50. The summed E-state index contributed by atoms with van der Waals surface area (Å²) in [6.45, 7) is 4.32. The van der Waals surface area contributed by atoms with Gasteiger partial charge < -0.3 is 15.6 Å². The summed E-state index contributed by atoms with van der Waals surface area (Å²) in [6.07, 6.45) is 8.02.